The van der Waals surface area contributed by atoms with Gasteiger partial charge in [-0.15, -0.1) is 0 Å². The van der Waals surface area contributed by atoms with Crippen LogP contribution in [0.15, 0.2) is 30.3 Å². The first kappa shape index (κ1) is 11.2. The van der Waals surface area contributed by atoms with Crippen LogP contribution in [0.2, 0.25) is 0 Å². The molecule has 0 saturated carbocycles. The van der Waals surface area contributed by atoms with E-state index in [1.807, 2.05) is 18.2 Å². The summed E-state index contributed by atoms with van der Waals surface area (Å²) in [6.07, 6.45) is 0.479. The molecule has 2 aliphatic rings. The molecule has 0 unspecified atom stereocenters. The Hall–Kier alpha value is -0.940. The van der Waals surface area contributed by atoms with Gasteiger partial charge in [0.2, 0.25) is 0 Å². The summed E-state index contributed by atoms with van der Waals surface area (Å²) in [5.41, 5.74) is 1.27. The van der Waals surface area contributed by atoms with Crippen LogP contribution in [0, 0.1) is 0 Å². The highest BCUT2D eigenvalue weighted by Crippen LogP contribution is 2.26. The van der Waals surface area contributed by atoms with Crippen molar-refractivity contribution in [2.75, 3.05) is 13.2 Å². The van der Waals surface area contributed by atoms with E-state index in [-0.39, 0.29) is 31.1 Å². The van der Waals surface area contributed by atoms with Gasteiger partial charge >= 0.3 is 0 Å². The highest BCUT2D eigenvalue weighted by Gasteiger charge is 2.43. The van der Waals surface area contributed by atoms with E-state index in [0.29, 0.717) is 0 Å². The Labute approximate surface area is 101 Å². The number of ether oxygens (including phenoxy) is 2. The maximum atomic E-state index is 9.16. The topological polar surface area (TPSA) is 50.7 Å². The molecule has 0 spiro atoms. The first-order valence-corrected chi connectivity index (χ1v) is 6.06. The molecule has 0 radical (unpaired) electrons. The number of benzene rings is 1. The smallest absolute Gasteiger partial charge is 0.174 e. The Balaban J connectivity index is 1.66. The minimum atomic E-state index is -0.230. The van der Waals surface area contributed by atoms with Crippen molar-refractivity contribution in [1.29, 1.82) is 0 Å². The molecule has 17 heavy (non-hydrogen) atoms. The average Bonchev–Trinajstić information content (AvgIpc) is 2.72. The summed E-state index contributed by atoms with van der Waals surface area (Å²) >= 11 is 0. The molecule has 1 aromatic carbocycles. The summed E-state index contributed by atoms with van der Waals surface area (Å²) in [5, 5.41) is 12.6. The lowest BCUT2D eigenvalue weighted by Gasteiger charge is -2.28. The lowest BCUT2D eigenvalue weighted by Crippen LogP contribution is -2.49. The Kier molecular flexibility index (Phi) is 3.11. The van der Waals surface area contributed by atoms with Crippen molar-refractivity contribution in [1.82, 2.24) is 5.32 Å². The first-order valence-electron chi connectivity index (χ1n) is 6.06. The molecule has 2 heterocycles. The molecule has 92 valence electrons. The van der Waals surface area contributed by atoms with Gasteiger partial charge in [-0.25, -0.2) is 0 Å². The number of rotatable bonds is 3. The van der Waals surface area contributed by atoms with E-state index in [1.165, 1.54) is 5.56 Å². The highest BCUT2D eigenvalue weighted by molar-refractivity contribution is 5.16. The average molecular weight is 235 g/mol. The highest BCUT2D eigenvalue weighted by atomic mass is 16.7. The fraction of sp³-hybridized carbons (Fsp3) is 0.538. The predicted octanol–water partition coefficient (Wildman–Crippen LogP) is 0.303. The van der Waals surface area contributed by atoms with Gasteiger partial charge in [0, 0.05) is 6.54 Å². The molecule has 3 rings (SSSR count). The maximum Gasteiger partial charge on any atom is 0.174 e. The van der Waals surface area contributed by atoms with Gasteiger partial charge in [0.15, 0.2) is 6.29 Å². The molecule has 1 aromatic rings. The molecule has 2 aliphatic heterocycles. The van der Waals surface area contributed by atoms with E-state index in [2.05, 4.69) is 17.4 Å². The second kappa shape index (κ2) is 4.74. The van der Waals surface area contributed by atoms with Crippen LogP contribution in [0.25, 0.3) is 0 Å². The Morgan fingerprint density at radius 1 is 1.24 bits per heavy atom. The summed E-state index contributed by atoms with van der Waals surface area (Å²) in [7, 11) is 0. The normalized spacial score (nSPS) is 36.1. The summed E-state index contributed by atoms with van der Waals surface area (Å²) in [6.45, 7) is 0.778. The molecule has 0 aromatic heterocycles. The molecule has 4 atom stereocenters. The second-order valence-corrected chi connectivity index (χ2v) is 4.60. The predicted molar refractivity (Wildman–Crippen MR) is 62.6 cm³/mol. The van der Waals surface area contributed by atoms with Crippen molar-refractivity contribution in [3.05, 3.63) is 35.9 Å². The molecule has 4 nitrogen and oxygen atoms in total. The zero-order valence-electron chi connectivity index (χ0n) is 9.58. The number of hydrogen-bond acceptors (Lipinski definition) is 4. The number of aliphatic hydroxyl groups excluding tert-OH is 1. The van der Waals surface area contributed by atoms with Crippen molar-refractivity contribution in [2.45, 2.75) is 31.0 Å². The van der Waals surface area contributed by atoms with Crippen LogP contribution in [0.3, 0.4) is 0 Å². The van der Waals surface area contributed by atoms with Gasteiger partial charge in [0.1, 0.15) is 12.2 Å². The van der Waals surface area contributed by atoms with Crippen LogP contribution in [-0.2, 0) is 15.9 Å². The third-order valence-electron chi connectivity index (χ3n) is 3.42. The van der Waals surface area contributed by atoms with E-state index < -0.39 is 0 Å². The SMILES string of the molecule is OC[C@@H]1O[C@@H]2O[C@H]1CN[C@@H]2Cc1ccccc1. The molecule has 0 amide bonds. The summed E-state index contributed by atoms with van der Waals surface area (Å²) in [5.74, 6) is 0. The zero-order valence-corrected chi connectivity index (χ0v) is 9.58. The summed E-state index contributed by atoms with van der Waals surface area (Å²) in [4.78, 5) is 0. The van der Waals surface area contributed by atoms with Gasteiger partial charge in [0.05, 0.1) is 12.6 Å². The monoisotopic (exact) mass is 235 g/mol. The van der Waals surface area contributed by atoms with Crippen LogP contribution >= 0.6 is 0 Å². The van der Waals surface area contributed by atoms with Gasteiger partial charge in [-0.3, -0.25) is 0 Å². The molecular formula is C13H17NO3. The molecular weight excluding hydrogens is 218 g/mol. The van der Waals surface area contributed by atoms with Crippen LogP contribution < -0.4 is 5.32 Å². The molecule has 2 bridgehead atoms. The van der Waals surface area contributed by atoms with E-state index in [1.54, 1.807) is 0 Å². The summed E-state index contributed by atoms with van der Waals surface area (Å²) < 4.78 is 11.4. The Morgan fingerprint density at radius 3 is 2.82 bits per heavy atom. The second-order valence-electron chi connectivity index (χ2n) is 4.60. The fourth-order valence-corrected chi connectivity index (χ4v) is 2.48. The van der Waals surface area contributed by atoms with Crippen LogP contribution in [0.4, 0.5) is 0 Å². The van der Waals surface area contributed by atoms with Gasteiger partial charge in [-0.1, -0.05) is 30.3 Å². The summed E-state index contributed by atoms with van der Waals surface area (Å²) in [6, 6.07) is 10.5. The standard InChI is InChI=1S/C13H17NO3/c15-8-12-11-7-14-10(13(16-11)17-12)6-9-4-2-1-3-5-9/h1-5,10-15H,6-8H2/t10-,11+,12+,13+/m1/s1. The zero-order chi connectivity index (χ0) is 11.7. The molecule has 0 aliphatic carbocycles. The minimum absolute atomic E-state index is 0.00276. The lowest BCUT2D eigenvalue weighted by atomic mass is 10.0. The van der Waals surface area contributed by atoms with Gasteiger partial charge in [0.25, 0.3) is 0 Å². The largest absolute Gasteiger partial charge is 0.394 e. The van der Waals surface area contributed by atoms with Crippen LogP contribution in [0.1, 0.15) is 5.56 Å². The van der Waals surface area contributed by atoms with E-state index in [4.69, 9.17) is 14.6 Å². The third kappa shape index (κ3) is 2.21. The number of fused-ring (bicyclic) bond motifs is 2. The fourth-order valence-electron chi connectivity index (χ4n) is 2.48. The van der Waals surface area contributed by atoms with Crippen molar-refractivity contribution >= 4 is 0 Å². The molecule has 2 saturated heterocycles. The van der Waals surface area contributed by atoms with Gasteiger partial charge in [-0.2, -0.15) is 0 Å². The number of aliphatic hydroxyl groups is 1. The van der Waals surface area contributed by atoms with Crippen LogP contribution in [0.5, 0.6) is 0 Å². The van der Waals surface area contributed by atoms with Crippen molar-refractivity contribution in [2.24, 2.45) is 0 Å². The minimum Gasteiger partial charge on any atom is -0.394 e. The maximum absolute atomic E-state index is 9.16. The number of morpholine rings is 1. The quantitative estimate of drug-likeness (QED) is 0.791. The van der Waals surface area contributed by atoms with Gasteiger partial charge < -0.3 is 19.9 Å². The molecule has 2 N–H and O–H groups in total. The Morgan fingerprint density at radius 2 is 2.06 bits per heavy atom. The third-order valence-corrected chi connectivity index (χ3v) is 3.42. The molecule has 4 heteroatoms. The molecule has 2 fully saturated rings. The van der Waals surface area contributed by atoms with Crippen molar-refractivity contribution in [3.63, 3.8) is 0 Å². The number of hydrogen-bond donors (Lipinski definition) is 2. The number of nitrogens with one attached hydrogen (secondary N) is 1. The van der Waals surface area contributed by atoms with Gasteiger partial charge in [-0.05, 0) is 12.0 Å². The van der Waals surface area contributed by atoms with E-state index in [9.17, 15) is 0 Å². The van der Waals surface area contributed by atoms with Crippen molar-refractivity contribution in [3.8, 4) is 0 Å². The van der Waals surface area contributed by atoms with Crippen molar-refractivity contribution < 1.29 is 14.6 Å². The Bertz CT molecular complexity index is 370. The lowest BCUT2D eigenvalue weighted by molar-refractivity contribution is -0.106. The van der Waals surface area contributed by atoms with Crippen LogP contribution in [-0.4, -0.2) is 42.8 Å². The van der Waals surface area contributed by atoms with E-state index >= 15 is 0 Å². The first-order chi connectivity index (χ1) is 8.36. The van der Waals surface area contributed by atoms with E-state index in [0.717, 1.165) is 13.0 Å².